The Morgan fingerprint density at radius 3 is 2.24 bits per heavy atom. The van der Waals surface area contributed by atoms with Gasteiger partial charge in [0.05, 0.1) is 20.4 Å². The lowest BCUT2D eigenvalue weighted by Crippen LogP contribution is -2.27. The smallest absolute Gasteiger partial charge is 0.293 e. The van der Waals surface area contributed by atoms with Gasteiger partial charge in [-0.1, -0.05) is 59.1 Å². The number of carbonyl (C=O) groups excluding carboxylic acids is 2. The molecule has 0 spiro atoms. The second-order valence-corrected chi connectivity index (χ2v) is 11.1. The molecular formula is C25H17Br2Cl2NO3S. The number of amides is 2. The van der Waals surface area contributed by atoms with Crippen molar-refractivity contribution >= 4 is 84.0 Å². The number of nitrogens with zero attached hydrogens (tertiary/aromatic N) is 1. The van der Waals surface area contributed by atoms with E-state index in [1.807, 2.05) is 43.3 Å². The van der Waals surface area contributed by atoms with Crippen LogP contribution >= 0.6 is 66.8 Å². The van der Waals surface area contributed by atoms with Crippen molar-refractivity contribution in [2.75, 3.05) is 0 Å². The lowest BCUT2D eigenvalue weighted by Gasteiger charge is -2.14. The number of rotatable bonds is 6. The van der Waals surface area contributed by atoms with E-state index in [0.29, 0.717) is 32.9 Å². The molecule has 0 unspecified atom stereocenters. The van der Waals surface area contributed by atoms with Gasteiger partial charge in [-0.25, -0.2) is 0 Å². The predicted molar refractivity (Wildman–Crippen MR) is 145 cm³/mol. The summed E-state index contributed by atoms with van der Waals surface area (Å²) in [6, 6.07) is 16.9. The van der Waals surface area contributed by atoms with Crippen molar-refractivity contribution < 1.29 is 14.3 Å². The van der Waals surface area contributed by atoms with Crippen molar-refractivity contribution in [3.05, 3.63) is 101 Å². The van der Waals surface area contributed by atoms with E-state index in [0.717, 1.165) is 36.7 Å². The molecule has 1 fully saturated rings. The molecule has 4 nitrogen and oxygen atoms in total. The SMILES string of the molecule is Cc1ccc(COc2c(Br)cc(/C=C3\SC(=O)N(Cc4c(Cl)cccc4Cl)C3=O)cc2Br)cc1. The Balaban J connectivity index is 1.51. The van der Waals surface area contributed by atoms with Gasteiger partial charge in [-0.05, 0) is 92.0 Å². The molecule has 0 aromatic heterocycles. The van der Waals surface area contributed by atoms with Gasteiger partial charge in [0.1, 0.15) is 12.4 Å². The molecule has 4 rings (SSSR count). The summed E-state index contributed by atoms with van der Waals surface area (Å²) >= 11 is 20.4. The Bertz CT molecular complexity index is 1270. The largest absolute Gasteiger partial charge is 0.487 e. The summed E-state index contributed by atoms with van der Waals surface area (Å²) in [5.41, 5.74) is 3.52. The zero-order valence-corrected chi connectivity index (χ0v) is 23.3. The summed E-state index contributed by atoms with van der Waals surface area (Å²) in [5, 5.41) is 0.442. The molecule has 0 saturated carbocycles. The molecule has 1 heterocycles. The zero-order chi connectivity index (χ0) is 24.4. The van der Waals surface area contributed by atoms with Crippen LogP contribution in [-0.2, 0) is 17.9 Å². The minimum atomic E-state index is -0.391. The molecule has 3 aromatic carbocycles. The maximum atomic E-state index is 12.9. The first-order valence-electron chi connectivity index (χ1n) is 10.1. The number of thioether (sulfide) groups is 1. The fourth-order valence-electron chi connectivity index (χ4n) is 3.27. The Labute approximate surface area is 228 Å². The standard InChI is InChI=1S/C25H17Br2Cl2NO3S/c1-14-5-7-15(8-6-14)13-33-23-18(26)9-16(10-19(23)27)11-22-24(31)30(25(32)34-22)12-17-20(28)3-2-4-21(17)29/h2-11H,12-13H2,1H3/b22-11-. The van der Waals surface area contributed by atoms with E-state index in [1.54, 1.807) is 24.3 Å². The topological polar surface area (TPSA) is 46.6 Å². The van der Waals surface area contributed by atoms with Gasteiger partial charge in [0.15, 0.2) is 0 Å². The van der Waals surface area contributed by atoms with Gasteiger partial charge in [0.25, 0.3) is 11.1 Å². The number of carbonyl (C=O) groups is 2. The van der Waals surface area contributed by atoms with Gasteiger partial charge >= 0.3 is 0 Å². The highest BCUT2D eigenvalue weighted by Crippen LogP contribution is 2.39. The molecule has 0 aliphatic carbocycles. The lowest BCUT2D eigenvalue weighted by atomic mass is 10.1. The quantitative estimate of drug-likeness (QED) is 0.253. The van der Waals surface area contributed by atoms with Crippen LogP contribution in [0, 0.1) is 6.92 Å². The highest BCUT2D eigenvalue weighted by Gasteiger charge is 2.35. The second kappa shape index (κ2) is 10.9. The lowest BCUT2D eigenvalue weighted by molar-refractivity contribution is -0.123. The van der Waals surface area contributed by atoms with Crippen molar-refractivity contribution in [3.8, 4) is 5.75 Å². The van der Waals surface area contributed by atoms with Crippen molar-refractivity contribution in [1.29, 1.82) is 0 Å². The molecule has 0 atom stereocenters. The molecule has 9 heteroatoms. The van der Waals surface area contributed by atoms with Gasteiger partial charge in [-0.2, -0.15) is 0 Å². The average Bonchev–Trinajstić information content (AvgIpc) is 3.04. The van der Waals surface area contributed by atoms with Crippen molar-refractivity contribution in [2.24, 2.45) is 0 Å². The summed E-state index contributed by atoms with van der Waals surface area (Å²) < 4.78 is 7.44. The zero-order valence-electron chi connectivity index (χ0n) is 17.8. The van der Waals surface area contributed by atoms with Gasteiger partial charge in [0, 0.05) is 15.6 Å². The molecular weight excluding hydrogens is 625 g/mol. The Morgan fingerprint density at radius 2 is 1.62 bits per heavy atom. The second-order valence-electron chi connectivity index (χ2n) is 7.56. The molecule has 0 radical (unpaired) electrons. The molecule has 2 amide bonds. The van der Waals surface area contributed by atoms with E-state index in [9.17, 15) is 9.59 Å². The summed E-state index contributed by atoms with van der Waals surface area (Å²) in [6.07, 6.45) is 1.68. The first-order chi connectivity index (χ1) is 16.2. The van der Waals surface area contributed by atoms with E-state index in [-0.39, 0.29) is 11.8 Å². The van der Waals surface area contributed by atoms with Crippen molar-refractivity contribution in [3.63, 3.8) is 0 Å². The third-order valence-corrected chi connectivity index (χ3v) is 7.87. The Kier molecular flexibility index (Phi) is 8.10. The van der Waals surface area contributed by atoms with Crippen LogP contribution in [0.4, 0.5) is 4.79 Å². The maximum absolute atomic E-state index is 12.9. The van der Waals surface area contributed by atoms with Crippen LogP contribution in [0.5, 0.6) is 5.75 Å². The minimum absolute atomic E-state index is 0.0136. The van der Waals surface area contributed by atoms with Crippen LogP contribution in [0.1, 0.15) is 22.3 Å². The predicted octanol–water partition coefficient (Wildman–Crippen LogP) is 8.64. The number of benzene rings is 3. The van der Waals surface area contributed by atoms with Crippen LogP contribution in [-0.4, -0.2) is 16.0 Å². The molecule has 1 aliphatic heterocycles. The molecule has 0 bridgehead atoms. The van der Waals surface area contributed by atoms with Crippen LogP contribution in [0.3, 0.4) is 0 Å². The van der Waals surface area contributed by atoms with Gasteiger partial charge in [-0.15, -0.1) is 0 Å². The number of hydrogen-bond acceptors (Lipinski definition) is 4. The van der Waals surface area contributed by atoms with Crippen LogP contribution in [0.25, 0.3) is 6.08 Å². The van der Waals surface area contributed by atoms with Gasteiger partial charge in [-0.3, -0.25) is 14.5 Å². The highest BCUT2D eigenvalue weighted by molar-refractivity contribution is 9.11. The monoisotopic (exact) mass is 639 g/mol. The first kappa shape index (κ1) is 25.3. The number of ether oxygens (including phenoxy) is 1. The molecule has 1 aliphatic rings. The number of halogens is 4. The van der Waals surface area contributed by atoms with Crippen LogP contribution in [0.2, 0.25) is 10.0 Å². The van der Waals surface area contributed by atoms with E-state index in [1.165, 1.54) is 5.56 Å². The summed E-state index contributed by atoms with van der Waals surface area (Å²) in [4.78, 5) is 27.0. The third kappa shape index (κ3) is 5.71. The Morgan fingerprint density at radius 1 is 1.00 bits per heavy atom. The number of hydrogen-bond donors (Lipinski definition) is 0. The molecule has 3 aromatic rings. The number of imide groups is 1. The fourth-order valence-corrected chi connectivity index (χ4v) is 6.08. The summed E-state index contributed by atoms with van der Waals surface area (Å²) in [5.74, 6) is 0.261. The summed E-state index contributed by atoms with van der Waals surface area (Å²) in [7, 11) is 0. The third-order valence-electron chi connectivity index (χ3n) is 5.07. The normalized spacial score (nSPS) is 14.9. The van der Waals surface area contributed by atoms with Crippen molar-refractivity contribution in [2.45, 2.75) is 20.1 Å². The molecule has 1 saturated heterocycles. The van der Waals surface area contributed by atoms with E-state index < -0.39 is 5.91 Å². The van der Waals surface area contributed by atoms with Crippen molar-refractivity contribution in [1.82, 2.24) is 4.90 Å². The minimum Gasteiger partial charge on any atom is -0.487 e. The maximum Gasteiger partial charge on any atom is 0.293 e. The average molecular weight is 642 g/mol. The molecule has 0 N–H and O–H groups in total. The van der Waals surface area contributed by atoms with Crippen LogP contribution in [0.15, 0.2) is 68.4 Å². The van der Waals surface area contributed by atoms with Gasteiger partial charge < -0.3 is 4.74 Å². The first-order valence-corrected chi connectivity index (χ1v) is 13.2. The molecule has 174 valence electrons. The molecule has 34 heavy (non-hydrogen) atoms. The van der Waals surface area contributed by atoms with Gasteiger partial charge in [0.2, 0.25) is 0 Å². The van der Waals surface area contributed by atoms with Crippen LogP contribution < -0.4 is 4.74 Å². The fraction of sp³-hybridized carbons (Fsp3) is 0.120. The van der Waals surface area contributed by atoms with E-state index in [4.69, 9.17) is 27.9 Å². The van der Waals surface area contributed by atoms with E-state index in [2.05, 4.69) is 31.9 Å². The highest BCUT2D eigenvalue weighted by atomic mass is 79.9. The number of aryl methyl sites for hydroxylation is 1. The summed E-state index contributed by atoms with van der Waals surface area (Å²) in [6.45, 7) is 2.47. The Hall–Kier alpha value is -1.77. The van der Waals surface area contributed by atoms with E-state index >= 15 is 0 Å².